The van der Waals surface area contributed by atoms with E-state index >= 15 is 0 Å². The minimum absolute atomic E-state index is 0.00180. The summed E-state index contributed by atoms with van der Waals surface area (Å²) in [5.74, 6) is -0.901. The molecule has 1 saturated heterocycles. The van der Waals surface area contributed by atoms with Crippen molar-refractivity contribution in [3.8, 4) is 5.75 Å². The zero-order chi connectivity index (χ0) is 19.2. The molecule has 0 aromatic heterocycles. The van der Waals surface area contributed by atoms with Crippen LogP contribution in [0.4, 0.5) is 14.5 Å². The summed E-state index contributed by atoms with van der Waals surface area (Å²) in [5.41, 5.74) is 1.19. The van der Waals surface area contributed by atoms with Gasteiger partial charge in [0.25, 0.3) is 0 Å². The van der Waals surface area contributed by atoms with Crippen molar-refractivity contribution in [3.05, 3.63) is 59.7 Å². The number of rotatable bonds is 6. The summed E-state index contributed by atoms with van der Waals surface area (Å²) < 4.78 is 31.8. The predicted molar refractivity (Wildman–Crippen MR) is 99.7 cm³/mol. The molecular formula is C20H23F2N3O2. The molecule has 0 radical (unpaired) electrons. The number of halogens is 2. The van der Waals surface area contributed by atoms with Crippen LogP contribution in [0.25, 0.3) is 0 Å². The Labute approximate surface area is 157 Å². The number of ether oxygens (including phenoxy) is 1. The first-order chi connectivity index (χ1) is 13.0. The highest BCUT2D eigenvalue weighted by atomic mass is 19.1. The highest BCUT2D eigenvalue weighted by Crippen LogP contribution is 2.16. The van der Waals surface area contributed by atoms with Crippen LogP contribution >= 0.6 is 0 Å². The van der Waals surface area contributed by atoms with Gasteiger partial charge < -0.3 is 10.1 Å². The van der Waals surface area contributed by atoms with Crippen LogP contribution in [-0.4, -0.2) is 55.5 Å². The lowest BCUT2D eigenvalue weighted by molar-refractivity contribution is -0.117. The number of hydrogen-bond acceptors (Lipinski definition) is 4. The third-order valence-corrected chi connectivity index (χ3v) is 4.58. The molecule has 0 atom stereocenters. The molecule has 2 aromatic rings. The molecule has 27 heavy (non-hydrogen) atoms. The number of methoxy groups -OCH3 is 1. The molecule has 1 aliphatic heterocycles. The molecule has 144 valence electrons. The second-order valence-corrected chi connectivity index (χ2v) is 6.58. The van der Waals surface area contributed by atoms with Gasteiger partial charge in [0, 0.05) is 38.8 Å². The van der Waals surface area contributed by atoms with E-state index in [4.69, 9.17) is 4.74 Å². The lowest BCUT2D eigenvalue weighted by Crippen LogP contribution is -2.48. The van der Waals surface area contributed by atoms with Crippen molar-refractivity contribution >= 4 is 11.6 Å². The van der Waals surface area contributed by atoms with Crippen molar-refractivity contribution in [2.75, 3.05) is 45.2 Å². The van der Waals surface area contributed by atoms with E-state index in [-0.39, 0.29) is 18.1 Å². The summed E-state index contributed by atoms with van der Waals surface area (Å²) >= 11 is 0. The Hall–Kier alpha value is -2.51. The Morgan fingerprint density at radius 2 is 1.81 bits per heavy atom. The Morgan fingerprint density at radius 3 is 2.52 bits per heavy atom. The zero-order valence-electron chi connectivity index (χ0n) is 15.3. The molecule has 0 saturated carbocycles. The Morgan fingerprint density at radius 1 is 1.07 bits per heavy atom. The van der Waals surface area contributed by atoms with Crippen molar-refractivity contribution in [2.45, 2.75) is 6.54 Å². The van der Waals surface area contributed by atoms with E-state index in [1.165, 1.54) is 11.6 Å². The van der Waals surface area contributed by atoms with Crippen LogP contribution in [0.5, 0.6) is 5.75 Å². The van der Waals surface area contributed by atoms with Gasteiger partial charge in [-0.2, -0.15) is 0 Å². The minimum atomic E-state index is -0.772. The molecule has 0 unspecified atom stereocenters. The topological polar surface area (TPSA) is 44.8 Å². The standard InChI is InChI=1S/C20H23F2N3O2/c1-27-17-4-2-3-15(11-17)13-24-7-9-25(10-8-24)14-20(26)23-19-6-5-16(21)12-18(19)22/h2-6,11-12H,7-10,13-14H2,1H3,(H,23,26). The summed E-state index contributed by atoms with van der Waals surface area (Å²) in [6.45, 7) is 4.21. The molecule has 7 heteroatoms. The average molecular weight is 375 g/mol. The highest BCUT2D eigenvalue weighted by molar-refractivity contribution is 5.92. The fourth-order valence-electron chi connectivity index (χ4n) is 3.12. The van der Waals surface area contributed by atoms with Crippen LogP contribution in [-0.2, 0) is 11.3 Å². The van der Waals surface area contributed by atoms with E-state index in [9.17, 15) is 13.6 Å². The normalized spacial score (nSPS) is 15.5. The second kappa shape index (κ2) is 8.92. The second-order valence-electron chi connectivity index (χ2n) is 6.58. The van der Waals surface area contributed by atoms with E-state index in [0.717, 1.165) is 50.6 Å². The third kappa shape index (κ3) is 5.48. The van der Waals surface area contributed by atoms with Gasteiger partial charge in [-0.15, -0.1) is 0 Å². The van der Waals surface area contributed by atoms with Crippen molar-refractivity contribution in [1.29, 1.82) is 0 Å². The average Bonchev–Trinajstić information content (AvgIpc) is 2.66. The van der Waals surface area contributed by atoms with Crippen LogP contribution in [0, 0.1) is 11.6 Å². The molecule has 1 N–H and O–H groups in total. The number of anilines is 1. The van der Waals surface area contributed by atoms with Crippen LogP contribution < -0.4 is 10.1 Å². The molecule has 1 aliphatic rings. The van der Waals surface area contributed by atoms with E-state index in [1.807, 2.05) is 23.1 Å². The molecule has 1 fully saturated rings. The first-order valence-corrected chi connectivity index (χ1v) is 8.86. The lowest BCUT2D eigenvalue weighted by atomic mass is 10.2. The van der Waals surface area contributed by atoms with Crippen molar-refractivity contribution < 1.29 is 18.3 Å². The quantitative estimate of drug-likeness (QED) is 0.843. The molecule has 0 bridgehead atoms. The Bertz CT molecular complexity index is 793. The number of piperazine rings is 1. The third-order valence-electron chi connectivity index (χ3n) is 4.58. The molecule has 3 rings (SSSR count). The van der Waals surface area contributed by atoms with E-state index in [2.05, 4.69) is 16.3 Å². The maximum atomic E-state index is 13.6. The molecule has 2 aromatic carbocycles. The van der Waals surface area contributed by atoms with E-state index in [1.54, 1.807) is 7.11 Å². The van der Waals surface area contributed by atoms with Gasteiger partial charge in [-0.05, 0) is 29.8 Å². The molecule has 1 amide bonds. The molecule has 0 spiro atoms. The molecular weight excluding hydrogens is 352 g/mol. The van der Waals surface area contributed by atoms with Crippen molar-refractivity contribution in [3.63, 3.8) is 0 Å². The maximum absolute atomic E-state index is 13.6. The SMILES string of the molecule is COc1cccc(CN2CCN(CC(=O)Nc3ccc(F)cc3F)CC2)c1. The van der Waals surface area contributed by atoms with E-state index < -0.39 is 11.6 Å². The van der Waals surface area contributed by atoms with Crippen molar-refractivity contribution in [2.24, 2.45) is 0 Å². The summed E-state index contributed by atoms with van der Waals surface area (Å²) in [4.78, 5) is 16.5. The fourth-order valence-corrected chi connectivity index (χ4v) is 3.12. The number of nitrogens with zero attached hydrogens (tertiary/aromatic N) is 2. The largest absolute Gasteiger partial charge is 0.497 e. The van der Waals surface area contributed by atoms with Gasteiger partial charge in [-0.3, -0.25) is 14.6 Å². The highest BCUT2D eigenvalue weighted by Gasteiger charge is 2.19. The van der Waals surface area contributed by atoms with Gasteiger partial charge in [0.1, 0.15) is 17.4 Å². The van der Waals surface area contributed by atoms with Gasteiger partial charge in [0.05, 0.1) is 19.3 Å². The number of hydrogen-bond donors (Lipinski definition) is 1. The minimum Gasteiger partial charge on any atom is -0.497 e. The summed E-state index contributed by atoms with van der Waals surface area (Å²) in [6, 6.07) is 11.1. The van der Waals surface area contributed by atoms with Crippen molar-refractivity contribution in [1.82, 2.24) is 9.80 Å². The van der Waals surface area contributed by atoms with Crippen LogP contribution in [0.1, 0.15) is 5.56 Å². The van der Waals surface area contributed by atoms with Gasteiger partial charge in [0.15, 0.2) is 0 Å². The number of amides is 1. The monoisotopic (exact) mass is 375 g/mol. The Balaban J connectivity index is 1.45. The lowest BCUT2D eigenvalue weighted by Gasteiger charge is -2.34. The number of benzene rings is 2. The smallest absolute Gasteiger partial charge is 0.238 e. The van der Waals surface area contributed by atoms with Gasteiger partial charge in [-0.25, -0.2) is 8.78 Å². The number of nitrogens with one attached hydrogen (secondary N) is 1. The first-order valence-electron chi connectivity index (χ1n) is 8.86. The predicted octanol–water partition coefficient (Wildman–Crippen LogP) is 2.73. The maximum Gasteiger partial charge on any atom is 0.238 e. The number of carbonyl (C=O) groups excluding carboxylic acids is 1. The number of carbonyl (C=O) groups is 1. The van der Waals surface area contributed by atoms with Gasteiger partial charge in [0.2, 0.25) is 5.91 Å². The fraction of sp³-hybridized carbons (Fsp3) is 0.350. The molecule has 0 aliphatic carbocycles. The van der Waals surface area contributed by atoms with E-state index in [0.29, 0.717) is 0 Å². The first kappa shape index (κ1) is 19.3. The van der Waals surface area contributed by atoms with Gasteiger partial charge >= 0.3 is 0 Å². The van der Waals surface area contributed by atoms with Crippen LogP contribution in [0.15, 0.2) is 42.5 Å². The molecule has 5 nitrogen and oxygen atoms in total. The zero-order valence-corrected chi connectivity index (χ0v) is 15.3. The summed E-state index contributed by atoms with van der Waals surface area (Å²) in [5, 5.41) is 2.50. The summed E-state index contributed by atoms with van der Waals surface area (Å²) in [7, 11) is 1.65. The van der Waals surface area contributed by atoms with Crippen LogP contribution in [0.3, 0.4) is 0 Å². The molecule has 1 heterocycles. The Kier molecular flexibility index (Phi) is 6.36. The van der Waals surface area contributed by atoms with Crippen LogP contribution in [0.2, 0.25) is 0 Å². The van der Waals surface area contributed by atoms with Gasteiger partial charge in [-0.1, -0.05) is 12.1 Å². The summed E-state index contributed by atoms with van der Waals surface area (Å²) in [6.07, 6.45) is 0.